The van der Waals surface area contributed by atoms with Gasteiger partial charge in [0.1, 0.15) is 0 Å². The van der Waals surface area contributed by atoms with E-state index < -0.39 is 9.70 Å². The fraction of sp³-hybridized carbons (Fsp3) is 0.444. The van der Waals surface area contributed by atoms with Crippen LogP contribution in [0.15, 0.2) is 24.3 Å². The number of halogens is 3. The molecule has 0 saturated carbocycles. The molecule has 0 aromatic carbocycles. The minimum atomic E-state index is -1.88. The Morgan fingerprint density at radius 3 is 2.71 bits per heavy atom. The standard InChI is InChI=1S/C9H10Cl3NO/c1-2-6-3-4-7(5-6)13-8(14)9(10,11)12/h2,5,7H,1,3-4H2,(H,13,14). The van der Waals surface area contributed by atoms with Crippen molar-refractivity contribution in [1.82, 2.24) is 5.32 Å². The summed E-state index contributed by atoms with van der Waals surface area (Å²) in [4.78, 5) is 11.3. The molecular formula is C9H10Cl3NO. The van der Waals surface area contributed by atoms with Crippen LogP contribution < -0.4 is 5.32 Å². The number of nitrogens with one attached hydrogen (secondary N) is 1. The first-order valence-corrected chi connectivity index (χ1v) is 5.27. The molecule has 0 aliphatic heterocycles. The molecule has 1 aliphatic rings. The van der Waals surface area contributed by atoms with Crippen molar-refractivity contribution in [1.29, 1.82) is 0 Å². The Morgan fingerprint density at radius 1 is 1.64 bits per heavy atom. The molecule has 14 heavy (non-hydrogen) atoms. The lowest BCUT2D eigenvalue weighted by molar-refractivity contribution is -0.120. The second-order valence-electron chi connectivity index (χ2n) is 3.06. The third kappa shape index (κ3) is 3.19. The van der Waals surface area contributed by atoms with Crippen LogP contribution in [-0.4, -0.2) is 15.7 Å². The van der Waals surface area contributed by atoms with Gasteiger partial charge in [-0.3, -0.25) is 4.79 Å². The number of amides is 1. The minimum Gasteiger partial charge on any atom is -0.346 e. The van der Waals surface area contributed by atoms with Crippen LogP contribution in [-0.2, 0) is 4.79 Å². The summed E-state index contributed by atoms with van der Waals surface area (Å²) in [6, 6.07) is -0.0499. The van der Waals surface area contributed by atoms with Gasteiger partial charge in [0.2, 0.25) is 0 Å². The van der Waals surface area contributed by atoms with Crippen molar-refractivity contribution >= 4 is 40.7 Å². The van der Waals surface area contributed by atoms with E-state index in [2.05, 4.69) is 11.9 Å². The zero-order chi connectivity index (χ0) is 10.8. The largest absolute Gasteiger partial charge is 0.346 e. The van der Waals surface area contributed by atoms with E-state index in [1.807, 2.05) is 6.08 Å². The maximum Gasteiger partial charge on any atom is 0.272 e. The molecule has 0 bridgehead atoms. The van der Waals surface area contributed by atoms with Crippen molar-refractivity contribution in [2.45, 2.75) is 22.7 Å². The van der Waals surface area contributed by atoms with Crippen LogP contribution in [0.25, 0.3) is 0 Å². The number of carbonyl (C=O) groups excluding carboxylic acids is 1. The molecule has 0 heterocycles. The van der Waals surface area contributed by atoms with E-state index in [1.165, 1.54) is 0 Å². The first kappa shape index (κ1) is 11.9. The highest BCUT2D eigenvalue weighted by molar-refractivity contribution is 6.76. The highest BCUT2D eigenvalue weighted by Crippen LogP contribution is 2.27. The van der Waals surface area contributed by atoms with E-state index in [0.29, 0.717) is 0 Å². The van der Waals surface area contributed by atoms with Gasteiger partial charge in [-0.1, -0.05) is 59.1 Å². The summed E-state index contributed by atoms with van der Waals surface area (Å²) in [6.45, 7) is 3.65. The van der Waals surface area contributed by atoms with E-state index in [0.717, 1.165) is 18.4 Å². The molecule has 1 aliphatic carbocycles. The van der Waals surface area contributed by atoms with E-state index in [1.54, 1.807) is 6.08 Å². The smallest absolute Gasteiger partial charge is 0.272 e. The summed E-state index contributed by atoms with van der Waals surface area (Å²) in [5.74, 6) is -0.589. The molecule has 0 aromatic rings. The molecule has 1 N–H and O–H groups in total. The molecule has 0 radical (unpaired) electrons. The van der Waals surface area contributed by atoms with Crippen LogP contribution in [0, 0.1) is 0 Å². The maximum atomic E-state index is 11.3. The first-order chi connectivity index (χ1) is 6.43. The Balaban J connectivity index is 2.51. The van der Waals surface area contributed by atoms with Crippen LogP contribution in [0.2, 0.25) is 0 Å². The van der Waals surface area contributed by atoms with E-state index in [4.69, 9.17) is 34.8 Å². The molecule has 5 heteroatoms. The molecule has 78 valence electrons. The number of hydrogen-bond acceptors (Lipinski definition) is 1. The molecule has 1 rings (SSSR count). The van der Waals surface area contributed by atoms with Crippen molar-refractivity contribution in [2.75, 3.05) is 0 Å². The Morgan fingerprint density at radius 2 is 2.29 bits per heavy atom. The van der Waals surface area contributed by atoms with E-state index in [9.17, 15) is 4.79 Å². The number of alkyl halides is 3. The monoisotopic (exact) mass is 253 g/mol. The van der Waals surface area contributed by atoms with Gasteiger partial charge in [-0.05, 0) is 12.8 Å². The first-order valence-electron chi connectivity index (χ1n) is 4.14. The Kier molecular flexibility index (Phi) is 3.87. The molecule has 1 atom stereocenters. The lowest BCUT2D eigenvalue weighted by atomic mass is 10.2. The molecule has 0 spiro atoms. The van der Waals surface area contributed by atoms with Gasteiger partial charge >= 0.3 is 0 Å². The molecule has 0 fully saturated rings. The zero-order valence-corrected chi connectivity index (χ0v) is 9.66. The van der Waals surface area contributed by atoms with Crippen LogP contribution >= 0.6 is 34.8 Å². The van der Waals surface area contributed by atoms with Crippen LogP contribution in [0.3, 0.4) is 0 Å². The Hall–Kier alpha value is -0.180. The van der Waals surface area contributed by atoms with Crippen molar-refractivity contribution in [3.63, 3.8) is 0 Å². The SMILES string of the molecule is C=CC1=CC(NC(=O)C(Cl)(Cl)Cl)CC1. The zero-order valence-electron chi connectivity index (χ0n) is 7.40. The quantitative estimate of drug-likeness (QED) is 0.754. The highest BCUT2D eigenvalue weighted by Gasteiger charge is 2.32. The van der Waals surface area contributed by atoms with Crippen molar-refractivity contribution in [2.24, 2.45) is 0 Å². The van der Waals surface area contributed by atoms with Crippen molar-refractivity contribution < 1.29 is 4.79 Å². The second kappa shape index (κ2) is 4.56. The van der Waals surface area contributed by atoms with Crippen LogP contribution in [0.4, 0.5) is 0 Å². The normalized spacial score (nSPS) is 21.6. The Labute approximate surface area is 97.9 Å². The van der Waals surface area contributed by atoms with Crippen LogP contribution in [0.1, 0.15) is 12.8 Å². The number of rotatable bonds is 2. The van der Waals surface area contributed by atoms with Gasteiger partial charge in [0.05, 0.1) is 0 Å². The fourth-order valence-electron chi connectivity index (χ4n) is 1.28. The fourth-order valence-corrected chi connectivity index (χ4v) is 1.45. The number of allylic oxidation sites excluding steroid dienone is 2. The van der Waals surface area contributed by atoms with Crippen molar-refractivity contribution in [3.8, 4) is 0 Å². The topological polar surface area (TPSA) is 29.1 Å². The maximum absolute atomic E-state index is 11.3. The van der Waals surface area contributed by atoms with E-state index >= 15 is 0 Å². The molecule has 1 amide bonds. The molecule has 2 nitrogen and oxygen atoms in total. The van der Waals surface area contributed by atoms with Gasteiger partial charge in [-0.15, -0.1) is 0 Å². The average molecular weight is 255 g/mol. The third-order valence-electron chi connectivity index (χ3n) is 2.00. The lowest BCUT2D eigenvalue weighted by Gasteiger charge is -2.14. The summed E-state index contributed by atoms with van der Waals surface area (Å²) in [6.07, 6.45) is 5.41. The summed E-state index contributed by atoms with van der Waals surface area (Å²) < 4.78 is -1.88. The summed E-state index contributed by atoms with van der Waals surface area (Å²) in [7, 11) is 0. The summed E-state index contributed by atoms with van der Waals surface area (Å²) in [5.41, 5.74) is 1.11. The predicted octanol–water partition coefficient (Wildman–Crippen LogP) is 2.75. The van der Waals surface area contributed by atoms with Gasteiger partial charge < -0.3 is 5.32 Å². The highest BCUT2D eigenvalue weighted by atomic mass is 35.6. The van der Waals surface area contributed by atoms with Crippen molar-refractivity contribution in [3.05, 3.63) is 24.3 Å². The lowest BCUT2D eigenvalue weighted by Crippen LogP contribution is -2.39. The number of carbonyl (C=O) groups is 1. The summed E-state index contributed by atoms with van der Waals surface area (Å²) in [5, 5.41) is 2.62. The summed E-state index contributed by atoms with van der Waals surface area (Å²) >= 11 is 16.2. The minimum absolute atomic E-state index is 0.0499. The molecule has 0 saturated heterocycles. The number of hydrogen-bond donors (Lipinski definition) is 1. The van der Waals surface area contributed by atoms with E-state index in [-0.39, 0.29) is 6.04 Å². The second-order valence-corrected chi connectivity index (χ2v) is 5.34. The molecule has 1 unspecified atom stereocenters. The molecular weight excluding hydrogens is 244 g/mol. The van der Waals surface area contributed by atoms with Gasteiger partial charge in [0.15, 0.2) is 0 Å². The van der Waals surface area contributed by atoms with Gasteiger partial charge in [-0.25, -0.2) is 0 Å². The van der Waals surface area contributed by atoms with Gasteiger partial charge in [-0.2, -0.15) is 0 Å². The predicted molar refractivity (Wildman–Crippen MR) is 59.7 cm³/mol. The molecule has 0 aromatic heterocycles. The Bertz CT molecular complexity index is 280. The third-order valence-corrected chi connectivity index (χ3v) is 2.51. The van der Waals surface area contributed by atoms with Gasteiger partial charge in [0, 0.05) is 6.04 Å². The average Bonchev–Trinajstić information content (AvgIpc) is 2.50. The van der Waals surface area contributed by atoms with Gasteiger partial charge in [0.25, 0.3) is 9.70 Å². The van der Waals surface area contributed by atoms with Crippen LogP contribution in [0.5, 0.6) is 0 Å².